The van der Waals surface area contributed by atoms with Crippen LogP contribution in [0.5, 0.6) is 0 Å². The predicted molar refractivity (Wildman–Crippen MR) is 88.6 cm³/mol. The van der Waals surface area contributed by atoms with Gasteiger partial charge in [-0.3, -0.25) is 19.6 Å². The molecule has 0 fully saturated rings. The lowest BCUT2D eigenvalue weighted by Gasteiger charge is -2.25. The summed E-state index contributed by atoms with van der Waals surface area (Å²) in [5, 5.41) is 24.9. The second-order valence-corrected chi connectivity index (χ2v) is 6.34. The molecule has 0 radical (unpaired) electrons. The third-order valence-electron chi connectivity index (χ3n) is 3.38. The molecule has 8 heteroatoms. The summed E-state index contributed by atoms with van der Waals surface area (Å²) in [6, 6.07) is 5.87. The second-order valence-electron chi connectivity index (χ2n) is 6.34. The van der Waals surface area contributed by atoms with Gasteiger partial charge < -0.3 is 10.0 Å². The van der Waals surface area contributed by atoms with Crippen molar-refractivity contribution in [1.82, 2.24) is 14.7 Å². The maximum absolute atomic E-state index is 12.7. The van der Waals surface area contributed by atoms with Crippen LogP contribution in [-0.4, -0.2) is 49.8 Å². The van der Waals surface area contributed by atoms with E-state index in [1.807, 2.05) is 0 Å². The van der Waals surface area contributed by atoms with Crippen molar-refractivity contribution in [2.45, 2.75) is 19.4 Å². The Kier molecular flexibility index (Phi) is 4.70. The Hall–Kier alpha value is -2.74. The zero-order chi connectivity index (χ0) is 18.1. The third kappa shape index (κ3) is 3.96. The van der Waals surface area contributed by atoms with Crippen molar-refractivity contribution in [3.8, 4) is 11.3 Å². The smallest absolute Gasteiger partial charge is 0.269 e. The van der Waals surface area contributed by atoms with E-state index in [1.165, 1.54) is 21.7 Å². The van der Waals surface area contributed by atoms with E-state index in [0.717, 1.165) is 0 Å². The Bertz CT molecular complexity index is 759. The van der Waals surface area contributed by atoms with Crippen LogP contribution < -0.4 is 0 Å². The van der Waals surface area contributed by atoms with Crippen molar-refractivity contribution in [3.05, 3.63) is 46.1 Å². The molecule has 0 aliphatic heterocycles. The number of amides is 1. The Morgan fingerprint density at radius 1 is 1.38 bits per heavy atom. The molecular formula is C16H20N4O4. The van der Waals surface area contributed by atoms with Crippen molar-refractivity contribution < 1.29 is 14.8 Å². The van der Waals surface area contributed by atoms with E-state index >= 15 is 0 Å². The van der Waals surface area contributed by atoms with Crippen molar-refractivity contribution in [3.63, 3.8) is 0 Å². The Balaban J connectivity index is 2.36. The molecule has 128 valence electrons. The fourth-order valence-corrected chi connectivity index (χ4v) is 2.46. The molecule has 1 N–H and O–H groups in total. The molecule has 0 bridgehead atoms. The first-order valence-corrected chi connectivity index (χ1v) is 7.35. The lowest BCUT2D eigenvalue weighted by atomic mass is 10.1. The molecular weight excluding hydrogens is 312 g/mol. The van der Waals surface area contributed by atoms with Gasteiger partial charge in [-0.25, -0.2) is 0 Å². The molecule has 2 aromatic rings. The lowest BCUT2D eigenvalue weighted by molar-refractivity contribution is -0.384. The maximum Gasteiger partial charge on any atom is 0.269 e. The predicted octanol–water partition coefficient (Wildman–Crippen LogP) is 1.84. The fraction of sp³-hybridized carbons (Fsp3) is 0.375. The summed E-state index contributed by atoms with van der Waals surface area (Å²) < 4.78 is 1.52. The van der Waals surface area contributed by atoms with Crippen LogP contribution in [0.3, 0.4) is 0 Å². The number of hydrogen-bond acceptors (Lipinski definition) is 5. The maximum atomic E-state index is 12.7. The summed E-state index contributed by atoms with van der Waals surface area (Å²) in [6.07, 6.45) is 1.60. The van der Waals surface area contributed by atoms with Gasteiger partial charge in [0.15, 0.2) is 0 Å². The molecule has 1 aromatic heterocycles. The van der Waals surface area contributed by atoms with E-state index in [0.29, 0.717) is 16.8 Å². The van der Waals surface area contributed by atoms with E-state index in [-0.39, 0.29) is 18.1 Å². The molecule has 0 aliphatic carbocycles. The topological polar surface area (TPSA) is 102 Å². The van der Waals surface area contributed by atoms with Gasteiger partial charge in [-0.2, -0.15) is 5.10 Å². The number of nitro groups is 1. The Morgan fingerprint density at radius 3 is 2.46 bits per heavy atom. The summed E-state index contributed by atoms with van der Waals surface area (Å²) in [5.74, 6) is -0.279. The average molecular weight is 332 g/mol. The summed E-state index contributed by atoms with van der Waals surface area (Å²) >= 11 is 0. The average Bonchev–Trinajstić information content (AvgIpc) is 2.86. The molecule has 0 saturated heterocycles. The van der Waals surface area contributed by atoms with Gasteiger partial charge >= 0.3 is 0 Å². The number of non-ortho nitro benzene ring substituents is 1. The van der Waals surface area contributed by atoms with Gasteiger partial charge in [0.25, 0.3) is 11.6 Å². The number of aromatic nitrogens is 2. The monoisotopic (exact) mass is 332 g/mol. The van der Waals surface area contributed by atoms with E-state index in [1.54, 1.807) is 46.3 Å². The van der Waals surface area contributed by atoms with Gasteiger partial charge in [0.05, 0.1) is 16.1 Å². The molecule has 1 aromatic carbocycles. The number of nitrogens with zero attached hydrogens (tertiary/aromatic N) is 4. The molecule has 1 heterocycles. The quantitative estimate of drug-likeness (QED) is 0.665. The zero-order valence-corrected chi connectivity index (χ0v) is 14.1. The van der Waals surface area contributed by atoms with Gasteiger partial charge in [-0.1, -0.05) is 0 Å². The highest BCUT2D eigenvalue weighted by Gasteiger charge is 2.24. The minimum Gasteiger partial charge on any atom is -0.389 e. The highest BCUT2D eigenvalue weighted by molar-refractivity contribution is 5.99. The van der Waals surface area contributed by atoms with Crippen LogP contribution in [0.15, 0.2) is 30.5 Å². The third-order valence-corrected chi connectivity index (χ3v) is 3.38. The highest BCUT2D eigenvalue weighted by Crippen LogP contribution is 2.25. The van der Waals surface area contributed by atoms with E-state index in [9.17, 15) is 20.0 Å². The van der Waals surface area contributed by atoms with Crippen molar-refractivity contribution in [2.24, 2.45) is 7.05 Å². The minimum atomic E-state index is -1.01. The molecule has 8 nitrogen and oxygen atoms in total. The summed E-state index contributed by atoms with van der Waals surface area (Å²) in [6.45, 7) is 3.41. The first-order valence-electron chi connectivity index (χ1n) is 7.35. The Labute approximate surface area is 139 Å². The molecule has 0 atom stereocenters. The number of benzene rings is 1. The SMILES string of the molecule is CN(CC(C)(C)O)C(=O)c1cn(C)nc1-c1ccc([N+](=O)[O-])cc1. The molecule has 2 rings (SSSR count). The van der Waals surface area contributed by atoms with Crippen molar-refractivity contribution in [1.29, 1.82) is 0 Å². The van der Waals surface area contributed by atoms with Crippen LogP contribution in [0.1, 0.15) is 24.2 Å². The summed E-state index contributed by atoms with van der Waals surface area (Å²) in [4.78, 5) is 24.4. The van der Waals surface area contributed by atoms with Gasteiger partial charge in [-0.05, 0) is 26.0 Å². The van der Waals surface area contributed by atoms with Crippen LogP contribution in [0.4, 0.5) is 5.69 Å². The van der Waals surface area contributed by atoms with E-state index < -0.39 is 10.5 Å². The van der Waals surface area contributed by atoms with Gasteiger partial charge in [-0.15, -0.1) is 0 Å². The van der Waals surface area contributed by atoms with Gasteiger partial charge in [0.1, 0.15) is 5.69 Å². The van der Waals surface area contributed by atoms with Gasteiger partial charge in [0, 0.05) is 44.5 Å². The van der Waals surface area contributed by atoms with Crippen LogP contribution in [0, 0.1) is 10.1 Å². The number of likely N-dealkylation sites (N-methyl/N-ethyl adjacent to an activating group) is 1. The first kappa shape index (κ1) is 17.6. The molecule has 0 spiro atoms. The highest BCUT2D eigenvalue weighted by atomic mass is 16.6. The molecule has 24 heavy (non-hydrogen) atoms. The number of rotatable bonds is 5. The van der Waals surface area contributed by atoms with Gasteiger partial charge in [0.2, 0.25) is 0 Å². The fourth-order valence-electron chi connectivity index (χ4n) is 2.46. The largest absolute Gasteiger partial charge is 0.389 e. The first-order chi connectivity index (χ1) is 11.1. The number of hydrogen-bond donors (Lipinski definition) is 1. The van der Waals surface area contributed by atoms with E-state index in [4.69, 9.17) is 0 Å². The second kappa shape index (κ2) is 6.40. The van der Waals surface area contributed by atoms with E-state index in [2.05, 4.69) is 5.10 Å². The summed E-state index contributed by atoms with van der Waals surface area (Å²) in [5.41, 5.74) is 0.390. The molecule has 0 saturated carbocycles. The molecule has 1 amide bonds. The van der Waals surface area contributed by atoms with Crippen LogP contribution in [-0.2, 0) is 7.05 Å². The van der Waals surface area contributed by atoms with Crippen LogP contribution in [0.2, 0.25) is 0 Å². The standard InChI is InChI=1S/C16H20N4O4/c1-16(2,22)10-18(3)15(21)13-9-19(4)17-14(13)11-5-7-12(8-6-11)20(23)24/h5-9,22H,10H2,1-4H3. The van der Waals surface area contributed by atoms with Crippen LogP contribution >= 0.6 is 0 Å². The summed E-state index contributed by atoms with van der Waals surface area (Å²) in [7, 11) is 3.30. The van der Waals surface area contributed by atoms with Crippen LogP contribution in [0.25, 0.3) is 11.3 Å². The number of carbonyl (C=O) groups is 1. The number of carbonyl (C=O) groups excluding carboxylic acids is 1. The normalized spacial score (nSPS) is 11.4. The Morgan fingerprint density at radius 2 is 1.96 bits per heavy atom. The number of aliphatic hydroxyl groups is 1. The molecule has 0 aliphatic rings. The van der Waals surface area contributed by atoms with Crippen molar-refractivity contribution >= 4 is 11.6 Å². The zero-order valence-electron chi connectivity index (χ0n) is 14.1. The number of nitro benzene ring substituents is 1. The van der Waals surface area contributed by atoms with Crippen molar-refractivity contribution in [2.75, 3.05) is 13.6 Å². The lowest BCUT2D eigenvalue weighted by Crippen LogP contribution is -2.39. The number of aryl methyl sites for hydroxylation is 1. The molecule has 0 unspecified atom stereocenters. The minimum absolute atomic E-state index is 0.0262.